The summed E-state index contributed by atoms with van der Waals surface area (Å²) in [4.78, 5) is 16.5. The molecule has 136 valence electrons. The molecule has 0 aliphatic rings. The summed E-state index contributed by atoms with van der Waals surface area (Å²) in [6.07, 6.45) is -4.42. The van der Waals surface area contributed by atoms with E-state index in [1.54, 1.807) is 24.3 Å². The van der Waals surface area contributed by atoms with Gasteiger partial charge in [-0.05, 0) is 24.3 Å². The van der Waals surface area contributed by atoms with Gasteiger partial charge in [-0.25, -0.2) is 4.68 Å². The van der Waals surface area contributed by atoms with Crippen LogP contribution in [0.1, 0.15) is 11.5 Å². The maximum absolute atomic E-state index is 12.6. The van der Waals surface area contributed by atoms with Crippen LogP contribution in [0.15, 0.2) is 57.8 Å². The van der Waals surface area contributed by atoms with Crippen molar-refractivity contribution in [1.29, 1.82) is 0 Å². The lowest BCUT2D eigenvalue weighted by Crippen LogP contribution is -2.24. The first-order valence-electron chi connectivity index (χ1n) is 7.74. The SMILES string of the molecule is O=c1c2ccccc2nnn1Cc1nc(-c2ccc(C(F)(F)F)cc2)no1. The number of rotatable bonds is 3. The molecule has 0 aliphatic carbocycles. The van der Waals surface area contributed by atoms with E-state index in [0.717, 1.165) is 16.8 Å². The number of fused-ring (bicyclic) bond motifs is 1. The fraction of sp³-hybridized carbons (Fsp3) is 0.118. The highest BCUT2D eigenvalue weighted by molar-refractivity contribution is 5.76. The van der Waals surface area contributed by atoms with Crippen molar-refractivity contribution in [3.63, 3.8) is 0 Å². The molecule has 0 bridgehead atoms. The van der Waals surface area contributed by atoms with Gasteiger partial charge in [-0.3, -0.25) is 4.79 Å². The Labute approximate surface area is 149 Å². The predicted octanol–water partition coefficient (Wildman–Crippen LogP) is 2.91. The fourth-order valence-corrected chi connectivity index (χ4v) is 2.50. The van der Waals surface area contributed by atoms with E-state index >= 15 is 0 Å². The Balaban J connectivity index is 1.60. The second-order valence-corrected chi connectivity index (χ2v) is 5.66. The molecule has 4 rings (SSSR count). The highest BCUT2D eigenvalue weighted by Crippen LogP contribution is 2.30. The van der Waals surface area contributed by atoms with Crippen molar-refractivity contribution in [1.82, 2.24) is 25.1 Å². The summed E-state index contributed by atoms with van der Waals surface area (Å²) in [6, 6.07) is 11.1. The molecule has 2 heterocycles. The Hall–Kier alpha value is -3.56. The minimum absolute atomic E-state index is 0.0802. The van der Waals surface area contributed by atoms with Crippen molar-refractivity contribution in [2.75, 3.05) is 0 Å². The maximum atomic E-state index is 12.6. The Morgan fingerprint density at radius 2 is 1.78 bits per heavy atom. The Morgan fingerprint density at radius 3 is 2.52 bits per heavy atom. The van der Waals surface area contributed by atoms with Crippen LogP contribution in [0, 0.1) is 0 Å². The van der Waals surface area contributed by atoms with E-state index < -0.39 is 11.7 Å². The molecule has 2 aromatic heterocycles. The summed E-state index contributed by atoms with van der Waals surface area (Å²) in [5.41, 5.74) is -0.312. The lowest BCUT2D eigenvalue weighted by Gasteiger charge is -2.05. The predicted molar refractivity (Wildman–Crippen MR) is 87.6 cm³/mol. The largest absolute Gasteiger partial charge is 0.416 e. The van der Waals surface area contributed by atoms with Crippen molar-refractivity contribution >= 4 is 10.9 Å². The Morgan fingerprint density at radius 1 is 1.04 bits per heavy atom. The summed E-state index contributed by atoms with van der Waals surface area (Å²) in [6.45, 7) is -0.107. The lowest BCUT2D eigenvalue weighted by molar-refractivity contribution is -0.137. The number of halogens is 3. The molecule has 0 spiro atoms. The Bertz CT molecular complexity index is 1170. The molecule has 0 fully saturated rings. The van der Waals surface area contributed by atoms with Crippen molar-refractivity contribution < 1.29 is 17.7 Å². The molecule has 27 heavy (non-hydrogen) atoms. The van der Waals surface area contributed by atoms with Gasteiger partial charge in [0.15, 0.2) is 0 Å². The van der Waals surface area contributed by atoms with Gasteiger partial charge in [0.05, 0.1) is 10.9 Å². The van der Waals surface area contributed by atoms with Crippen LogP contribution in [0.5, 0.6) is 0 Å². The first-order valence-corrected chi connectivity index (χ1v) is 7.74. The molecule has 0 saturated carbocycles. The van der Waals surface area contributed by atoms with Gasteiger partial charge >= 0.3 is 6.18 Å². The molecule has 0 N–H and O–H groups in total. The molecule has 0 unspecified atom stereocenters. The van der Waals surface area contributed by atoms with E-state index in [9.17, 15) is 18.0 Å². The molecule has 4 aromatic rings. The quantitative estimate of drug-likeness (QED) is 0.549. The van der Waals surface area contributed by atoms with E-state index in [4.69, 9.17) is 4.52 Å². The van der Waals surface area contributed by atoms with Gasteiger partial charge in [0.25, 0.3) is 5.56 Å². The third-order valence-electron chi connectivity index (χ3n) is 3.85. The molecule has 10 heteroatoms. The van der Waals surface area contributed by atoms with Gasteiger partial charge in [-0.2, -0.15) is 18.2 Å². The molecular formula is C17H10F3N5O2. The van der Waals surface area contributed by atoms with E-state index in [1.807, 2.05) is 0 Å². The van der Waals surface area contributed by atoms with Gasteiger partial charge in [-0.1, -0.05) is 34.6 Å². The Kier molecular flexibility index (Phi) is 3.94. The molecule has 0 amide bonds. The molecule has 7 nitrogen and oxygen atoms in total. The molecule has 2 aromatic carbocycles. The number of benzene rings is 2. The van der Waals surface area contributed by atoms with E-state index in [-0.39, 0.29) is 23.8 Å². The minimum atomic E-state index is -4.42. The number of nitrogens with zero attached hydrogens (tertiary/aromatic N) is 5. The highest BCUT2D eigenvalue weighted by atomic mass is 19.4. The zero-order valence-electron chi connectivity index (χ0n) is 13.5. The minimum Gasteiger partial charge on any atom is -0.337 e. The van der Waals surface area contributed by atoms with Crippen LogP contribution in [-0.4, -0.2) is 25.1 Å². The second kappa shape index (κ2) is 6.31. The highest BCUT2D eigenvalue weighted by Gasteiger charge is 2.30. The zero-order valence-corrected chi connectivity index (χ0v) is 13.5. The van der Waals surface area contributed by atoms with E-state index in [1.165, 1.54) is 12.1 Å². The number of aromatic nitrogens is 5. The fourth-order valence-electron chi connectivity index (χ4n) is 2.50. The summed E-state index contributed by atoms with van der Waals surface area (Å²) >= 11 is 0. The lowest BCUT2D eigenvalue weighted by atomic mass is 10.1. The van der Waals surface area contributed by atoms with Gasteiger partial charge in [-0.15, -0.1) is 5.10 Å². The first-order chi connectivity index (χ1) is 12.9. The summed E-state index contributed by atoms with van der Waals surface area (Å²) in [7, 11) is 0. The molecular weight excluding hydrogens is 363 g/mol. The first kappa shape index (κ1) is 16.9. The van der Waals surface area contributed by atoms with Crippen molar-refractivity contribution in [2.45, 2.75) is 12.7 Å². The standard InChI is InChI=1S/C17H10F3N5O2/c18-17(19,20)11-7-5-10(6-8-11)15-21-14(27-23-15)9-25-16(26)12-3-1-2-4-13(12)22-24-25/h1-8H,9H2. The number of hydrogen-bond acceptors (Lipinski definition) is 6. The number of alkyl halides is 3. The van der Waals surface area contributed by atoms with Crippen LogP contribution >= 0.6 is 0 Å². The van der Waals surface area contributed by atoms with Crippen LogP contribution in [-0.2, 0) is 12.7 Å². The zero-order chi connectivity index (χ0) is 19.0. The normalized spacial score (nSPS) is 11.8. The van der Waals surface area contributed by atoms with Crippen LogP contribution in [0.4, 0.5) is 13.2 Å². The second-order valence-electron chi connectivity index (χ2n) is 5.66. The van der Waals surface area contributed by atoms with Crippen molar-refractivity contribution in [3.05, 3.63) is 70.3 Å². The van der Waals surface area contributed by atoms with Crippen LogP contribution < -0.4 is 5.56 Å². The molecule has 0 radical (unpaired) electrons. The van der Waals surface area contributed by atoms with E-state index in [2.05, 4.69) is 20.5 Å². The smallest absolute Gasteiger partial charge is 0.337 e. The van der Waals surface area contributed by atoms with Gasteiger partial charge in [0.2, 0.25) is 11.7 Å². The summed E-state index contributed by atoms with van der Waals surface area (Å²) in [5.74, 6) is 0.192. The molecule has 0 aliphatic heterocycles. The van der Waals surface area contributed by atoms with Crippen LogP contribution in [0.2, 0.25) is 0 Å². The molecule has 0 atom stereocenters. The summed E-state index contributed by atoms with van der Waals surface area (Å²) < 4.78 is 44.0. The van der Waals surface area contributed by atoms with E-state index in [0.29, 0.717) is 16.5 Å². The van der Waals surface area contributed by atoms with Gasteiger partial charge in [0, 0.05) is 5.56 Å². The van der Waals surface area contributed by atoms with Crippen LogP contribution in [0.3, 0.4) is 0 Å². The average molecular weight is 373 g/mol. The number of hydrogen-bond donors (Lipinski definition) is 0. The van der Waals surface area contributed by atoms with Crippen molar-refractivity contribution in [2.24, 2.45) is 0 Å². The summed E-state index contributed by atoms with van der Waals surface area (Å²) in [5, 5.41) is 11.9. The topological polar surface area (TPSA) is 86.7 Å². The average Bonchev–Trinajstić information content (AvgIpc) is 3.12. The maximum Gasteiger partial charge on any atom is 0.416 e. The molecule has 0 saturated heterocycles. The van der Waals surface area contributed by atoms with Crippen molar-refractivity contribution in [3.8, 4) is 11.4 Å². The third kappa shape index (κ3) is 3.28. The van der Waals surface area contributed by atoms with Gasteiger partial charge < -0.3 is 4.52 Å². The van der Waals surface area contributed by atoms with Gasteiger partial charge in [0.1, 0.15) is 12.1 Å². The third-order valence-corrected chi connectivity index (χ3v) is 3.85. The van der Waals surface area contributed by atoms with Crippen LogP contribution in [0.25, 0.3) is 22.3 Å². The monoisotopic (exact) mass is 373 g/mol.